The molecule has 0 saturated carbocycles. The molecule has 2 aliphatic heterocycles. The number of anilines is 1. The topological polar surface area (TPSA) is 83.5 Å². The maximum atomic E-state index is 13.4. The van der Waals surface area contributed by atoms with Crippen LogP contribution in [-0.2, 0) is 14.0 Å². The molecule has 0 unspecified atom stereocenters. The Balaban J connectivity index is 1.75. The van der Waals surface area contributed by atoms with Gasteiger partial charge in [-0.3, -0.25) is 14.7 Å². The summed E-state index contributed by atoms with van der Waals surface area (Å²) >= 11 is 12.2. The summed E-state index contributed by atoms with van der Waals surface area (Å²) in [5.74, 6) is 0.237. The summed E-state index contributed by atoms with van der Waals surface area (Å²) in [7, 11) is -2.10. The SMILES string of the molecule is CC(C)(C)OC(=O)N1C[C@@H](O[Si](C)(C)C(C)(C)C)C[C@H]1C(=O)NC1=NN(c2ccc(Cl)c(Cl)c2)CC1. The van der Waals surface area contributed by atoms with Gasteiger partial charge in [-0.1, -0.05) is 44.0 Å². The van der Waals surface area contributed by atoms with Gasteiger partial charge in [0.2, 0.25) is 5.91 Å². The van der Waals surface area contributed by atoms with E-state index >= 15 is 0 Å². The van der Waals surface area contributed by atoms with E-state index in [0.29, 0.717) is 41.8 Å². The minimum Gasteiger partial charge on any atom is -0.444 e. The maximum absolute atomic E-state index is 13.4. The molecule has 200 valence electrons. The molecule has 0 aromatic heterocycles. The van der Waals surface area contributed by atoms with Crippen LogP contribution in [0.1, 0.15) is 54.4 Å². The second kappa shape index (κ2) is 10.5. The molecule has 2 atom stereocenters. The minimum atomic E-state index is -2.10. The third kappa shape index (κ3) is 6.94. The van der Waals surface area contributed by atoms with Gasteiger partial charge in [-0.15, -0.1) is 0 Å². The molecule has 0 aliphatic carbocycles. The Morgan fingerprint density at radius 2 is 1.78 bits per heavy atom. The predicted octanol–water partition coefficient (Wildman–Crippen LogP) is 6.03. The van der Waals surface area contributed by atoms with Gasteiger partial charge >= 0.3 is 6.09 Å². The Kier molecular flexibility index (Phi) is 8.40. The van der Waals surface area contributed by atoms with Crippen molar-refractivity contribution in [3.8, 4) is 0 Å². The van der Waals surface area contributed by atoms with E-state index in [1.807, 2.05) is 26.8 Å². The zero-order valence-electron chi connectivity index (χ0n) is 22.4. The highest BCUT2D eigenvalue weighted by molar-refractivity contribution is 6.74. The van der Waals surface area contributed by atoms with Crippen LogP contribution in [-0.4, -0.2) is 61.9 Å². The molecule has 0 spiro atoms. The Bertz CT molecular complexity index is 1040. The number of halogens is 2. The first-order valence-corrected chi connectivity index (χ1v) is 15.9. The Morgan fingerprint density at radius 1 is 1.11 bits per heavy atom. The van der Waals surface area contributed by atoms with Gasteiger partial charge in [-0.05, 0) is 57.1 Å². The highest BCUT2D eigenvalue weighted by atomic mass is 35.5. The Labute approximate surface area is 225 Å². The summed E-state index contributed by atoms with van der Waals surface area (Å²) in [4.78, 5) is 27.9. The van der Waals surface area contributed by atoms with Gasteiger partial charge in [0.15, 0.2) is 8.32 Å². The lowest BCUT2D eigenvalue weighted by Gasteiger charge is -2.38. The second-order valence-electron chi connectivity index (χ2n) is 11.9. The average molecular weight is 558 g/mol. The first kappa shape index (κ1) is 28.8. The Morgan fingerprint density at radius 3 is 2.36 bits per heavy atom. The average Bonchev–Trinajstić information content (AvgIpc) is 3.35. The van der Waals surface area contributed by atoms with Crippen molar-refractivity contribution < 1.29 is 18.8 Å². The van der Waals surface area contributed by atoms with E-state index in [4.69, 9.17) is 32.4 Å². The summed E-state index contributed by atoms with van der Waals surface area (Å²) < 4.78 is 12.2. The van der Waals surface area contributed by atoms with Gasteiger partial charge in [0.25, 0.3) is 0 Å². The summed E-state index contributed by atoms with van der Waals surface area (Å²) in [6.07, 6.45) is 0.193. The third-order valence-electron chi connectivity index (χ3n) is 6.73. The van der Waals surface area contributed by atoms with Crippen molar-refractivity contribution in [2.45, 2.75) is 90.3 Å². The van der Waals surface area contributed by atoms with E-state index in [-0.39, 0.29) is 17.0 Å². The fourth-order valence-corrected chi connectivity index (χ4v) is 5.50. The van der Waals surface area contributed by atoms with Gasteiger partial charge < -0.3 is 14.5 Å². The summed E-state index contributed by atoms with van der Waals surface area (Å²) in [6.45, 7) is 17.2. The monoisotopic (exact) mass is 556 g/mol. The number of rotatable bonds is 4. The highest BCUT2D eigenvalue weighted by Gasteiger charge is 2.46. The Hall–Kier alpha value is -1.81. The van der Waals surface area contributed by atoms with Gasteiger partial charge in [0.05, 0.1) is 21.8 Å². The standard InChI is InChI=1S/C25H38Cl2N4O4Si/c1-24(2,3)34-23(33)30-15-17(35-36(7,8)25(4,5)6)14-20(30)22(32)28-21-11-12-31(29-21)16-9-10-18(26)19(27)13-16/h9-10,13,17,20H,11-12,14-15H2,1-8H3,(H,28,29,32)/t17-,20-/m0/s1. The van der Waals surface area contributed by atoms with Gasteiger partial charge in [0.1, 0.15) is 17.5 Å². The second-order valence-corrected chi connectivity index (χ2v) is 17.5. The van der Waals surface area contributed by atoms with Crippen molar-refractivity contribution >= 4 is 55.0 Å². The molecule has 36 heavy (non-hydrogen) atoms. The lowest BCUT2D eigenvalue weighted by Crippen LogP contribution is -2.48. The fraction of sp³-hybridized carbons (Fsp3) is 0.640. The number of carbonyl (C=O) groups excluding carboxylic acids is 2. The molecule has 2 amide bonds. The molecule has 0 radical (unpaired) electrons. The van der Waals surface area contributed by atoms with Crippen LogP contribution < -0.4 is 10.3 Å². The molecule has 1 N–H and O–H groups in total. The van der Waals surface area contributed by atoms with Crippen LogP contribution in [0.2, 0.25) is 28.2 Å². The normalized spacial score (nSPS) is 21.0. The predicted molar refractivity (Wildman–Crippen MR) is 147 cm³/mol. The van der Waals surface area contributed by atoms with Crippen LogP contribution >= 0.6 is 23.2 Å². The highest BCUT2D eigenvalue weighted by Crippen LogP contribution is 2.39. The number of nitrogens with zero attached hydrogens (tertiary/aromatic N) is 3. The fourth-order valence-electron chi connectivity index (χ4n) is 3.85. The van der Waals surface area contributed by atoms with Gasteiger partial charge in [-0.25, -0.2) is 4.79 Å². The zero-order chi connectivity index (χ0) is 27.1. The van der Waals surface area contributed by atoms with Crippen molar-refractivity contribution in [1.29, 1.82) is 0 Å². The summed E-state index contributed by atoms with van der Waals surface area (Å²) in [6, 6.07) is 4.57. The molecule has 1 fully saturated rings. The van der Waals surface area contributed by atoms with Crippen LogP contribution in [0.4, 0.5) is 10.5 Å². The minimum absolute atomic E-state index is 0.0106. The number of hydrazone groups is 1. The molecular weight excluding hydrogens is 519 g/mol. The number of amides is 2. The van der Waals surface area contributed by atoms with Crippen LogP contribution in [0.3, 0.4) is 0 Å². The molecule has 2 heterocycles. The quantitative estimate of drug-likeness (QED) is 0.457. The molecule has 0 bridgehead atoms. The number of carbonyl (C=O) groups is 2. The first-order chi connectivity index (χ1) is 16.5. The third-order valence-corrected chi connectivity index (χ3v) is 12.0. The number of likely N-dealkylation sites (tertiary alicyclic amines) is 1. The van der Waals surface area contributed by atoms with Crippen molar-refractivity contribution in [3.63, 3.8) is 0 Å². The summed E-state index contributed by atoms with van der Waals surface area (Å²) in [5, 5.41) is 10.1. The van der Waals surface area contributed by atoms with E-state index in [0.717, 1.165) is 5.69 Å². The molecule has 11 heteroatoms. The van der Waals surface area contributed by atoms with Crippen molar-refractivity contribution in [1.82, 2.24) is 10.2 Å². The number of hydrogen-bond donors (Lipinski definition) is 1. The van der Waals surface area contributed by atoms with Crippen LogP contribution in [0.15, 0.2) is 23.3 Å². The smallest absolute Gasteiger partial charge is 0.411 e. The number of nitrogens with one attached hydrogen (secondary N) is 1. The van der Waals surface area contributed by atoms with Crippen LogP contribution in [0.5, 0.6) is 0 Å². The van der Waals surface area contributed by atoms with Crippen molar-refractivity contribution in [3.05, 3.63) is 28.2 Å². The molecule has 1 saturated heterocycles. The van der Waals surface area contributed by atoms with E-state index < -0.39 is 26.1 Å². The molecular formula is C25H38Cl2N4O4Si. The maximum Gasteiger partial charge on any atom is 0.411 e. The number of hydrogen-bond acceptors (Lipinski definition) is 6. The van der Waals surface area contributed by atoms with Crippen molar-refractivity contribution in [2.75, 3.05) is 18.1 Å². The zero-order valence-corrected chi connectivity index (χ0v) is 25.0. The largest absolute Gasteiger partial charge is 0.444 e. The lowest BCUT2D eigenvalue weighted by atomic mass is 10.2. The molecule has 2 aliphatic rings. The van der Waals surface area contributed by atoms with Gasteiger partial charge in [0, 0.05) is 25.9 Å². The van der Waals surface area contributed by atoms with Crippen LogP contribution in [0.25, 0.3) is 0 Å². The van der Waals surface area contributed by atoms with E-state index in [9.17, 15) is 9.59 Å². The van der Waals surface area contributed by atoms with Crippen LogP contribution in [0, 0.1) is 0 Å². The van der Waals surface area contributed by atoms with Crippen molar-refractivity contribution in [2.24, 2.45) is 5.10 Å². The van der Waals surface area contributed by atoms with E-state index in [1.54, 1.807) is 17.1 Å². The summed E-state index contributed by atoms with van der Waals surface area (Å²) in [5.41, 5.74) is 0.111. The molecule has 1 aromatic carbocycles. The number of amidine groups is 1. The number of ether oxygens (including phenoxy) is 1. The van der Waals surface area contributed by atoms with E-state index in [2.05, 4.69) is 44.3 Å². The molecule has 8 nitrogen and oxygen atoms in total. The molecule has 3 rings (SSSR count). The molecule has 1 aromatic rings. The lowest BCUT2D eigenvalue weighted by molar-refractivity contribution is -0.124. The first-order valence-electron chi connectivity index (χ1n) is 12.3. The number of benzene rings is 1. The van der Waals surface area contributed by atoms with Gasteiger partial charge in [-0.2, -0.15) is 5.10 Å². The van der Waals surface area contributed by atoms with E-state index in [1.165, 1.54) is 4.90 Å².